The number of rotatable bonds is 5. The number of halogens is 1. The first-order valence-electron chi connectivity index (χ1n) is 5.18. The van der Waals surface area contributed by atoms with Gasteiger partial charge >= 0.3 is 0 Å². The monoisotopic (exact) mass is 318 g/mol. The Morgan fingerprint density at radius 3 is 2.82 bits per heavy atom. The topological polar surface area (TPSA) is 72.2 Å². The molecule has 1 atom stereocenters. The van der Waals surface area contributed by atoms with Gasteiger partial charge in [0.2, 0.25) is 5.91 Å². The van der Waals surface area contributed by atoms with Crippen LogP contribution in [0.1, 0.15) is 12.8 Å². The first-order chi connectivity index (χ1) is 8.04. The van der Waals surface area contributed by atoms with Crippen molar-refractivity contribution in [2.24, 2.45) is 0 Å². The van der Waals surface area contributed by atoms with Crippen molar-refractivity contribution in [3.05, 3.63) is 22.7 Å². The number of nitrogens with two attached hydrogens (primary N) is 1. The van der Waals surface area contributed by atoms with Gasteiger partial charge in [0.15, 0.2) is 0 Å². The van der Waals surface area contributed by atoms with Gasteiger partial charge in [0, 0.05) is 29.4 Å². The van der Waals surface area contributed by atoms with Crippen LogP contribution in [0, 0.1) is 0 Å². The zero-order valence-electron chi connectivity index (χ0n) is 9.53. The van der Waals surface area contributed by atoms with Gasteiger partial charge < -0.3 is 11.1 Å². The number of hydrogen-bond acceptors (Lipinski definition) is 3. The van der Waals surface area contributed by atoms with Gasteiger partial charge in [-0.1, -0.05) is 0 Å². The van der Waals surface area contributed by atoms with Crippen LogP contribution in [0.4, 0.5) is 5.69 Å². The van der Waals surface area contributed by atoms with Crippen LogP contribution in [0.25, 0.3) is 0 Å². The Balaban J connectivity index is 2.55. The maximum absolute atomic E-state index is 12.0. The Morgan fingerprint density at radius 1 is 1.53 bits per heavy atom. The summed E-state index contributed by atoms with van der Waals surface area (Å²) < 4.78 is 12.7. The Morgan fingerprint density at radius 2 is 2.24 bits per heavy atom. The molecule has 4 nitrogen and oxygen atoms in total. The molecule has 1 rings (SSSR count). The molecule has 0 aliphatic rings. The summed E-state index contributed by atoms with van der Waals surface area (Å²) in [5.74, 6) is 0.439. The van der Waals surface area contributed by atoms with Gasteiger partial charge in [0.25, 0.3) is 0 Å². The standard InChI is InChI=1S/C11H15BrN2O2S/c1-14-11(15)3-2-6-17(16)10-5-4-8(13)7-9(10)12/h4-5,7H,2-3,6,13H2,1H3,(H,14,15). The number of hydrogen-bond donors (Lipinski definition) is 2. The summed E-state index contributed by atoms with van der Waals surface area (Å²) in [6, 6.07) is 5.19. The normalized spacial score (nSPS) is 12.1. The van der Waals surface area contributed by atoms with Gasteiger partial charge in [-0.05, 0) is 40.5 Å². The lowest BCUT2D eigenvalue weighted by atomic mass is 10.3. The molecule has 0 aromatic heterocycles. The van der Waals surface area contributed by atoms with Crippen LogP contribution in [0.5, 0.6) is 0 Å². The molecular formula is C11H15BrN2O2S. The summed E-state index contributed by atoms with van der Waals surface area (Å²) in [5, 5.41) is 2.53. The highest BCUT2D eigenvalue weighted by molar-refractivity contribution is 9.10. The molecule has 1 unspecified atom stereocenters. The fraction of sp³-hybridized carbons (Fsp3) is 0.364. The van der Waals surface area contributed by atoms with Crippen LogP contribution in [0.15, 0.2) is 27.6 Å². The lowest BCUT2D eigenvalue weighted by molar-refractivity contribution is -0.120. The first kappa shape index (κ1) is 14.2. The number of nitrogen functional groups attached to an aromatic ring is 1. The molecule has 0 saturated heterocycles. The first-order valence-corrected chi connectivity index (χ1v) is 7.29. The lowest BCUT2D eigenvalue weighted by Crippen LogP contribution is -2.17. The SMILES string of the molecule is CNC(=O)CCCS(=O)c1ccc(N)cc1Br. The molecule has 0 radical (unpaired) electrons. The molecule has 0 fully saturated rings. The van der Waals surface area contributed by atoms with Crippen molar-refractivity contribution in [3.63, 3.8) is 0 Å². The molecule has 0 saturated carbocycles. The molecule has 17 heavy (non-hydrogen) atoms. The second-order valence-electron chi connectivity index (χ2n) is 3.52. The zero-order valence-corrected chi connectivity index (χ0v) is 11.9. The molecule has 3 N–H and O–H groups in total. The van der Waals surface area contributed by atoms with E-state index in [1.807, 2.05) is 0 Å². The van der Waals surface area contributed by atoms with Gasteiger partial charge in [-0.25, -0.2) is 0 Å². The van der Waals surface area contributed by atoms with Gasteiger partial charge in [0.1, 0.15) is 0 Å². The van der Waals surface area contributed by atoms with Crippen molar-refractivity contribution in [3.8, 4) is 0 Å². The van der Waals surface area contributed by atoms with Crippen LogP contribution in [-0.4, -0.2) is 22.9 Å². The van der Waals surface area contributed by atoms with E-state index in [4.69, 9.17) is 5.73 Å². The second kappa shape index (κ2) is 6.76. The molecule has 1 amide bonds. The van der Waals surface area contributed by atoms with Gasteiger partial charge in [-0.3, -0.25) is 9.00 Å². The van der Waals surface area contributed by atoms with E-state index in [-0.39, 0.29) is 5.91 Å². The predicted octanol–water partition coefficient (Wildman–Crippen LogP) is 1.67. The molecule has 1 aromatic carbocycles. The predicted molar refractivity (Wildman–Crippen MR) is 73.1 cm³/mol. The highest BCUT2D eigenvalue weighted by Gasteiger charge is 2.09. The third kappa shape index (κ3) is 4.47. The van der Waals surface area contributed by atoms with E-state index in [2.05, 4.69) is 21.2 Å². The number of benzene rings is 1. The summed E-state index contributed by atoms with van der Waals surface area (Å²) in [6.45, 7) is 0. The minimum absolute atomic E-state index is 0.0293. The van der Waals surface area contributed by atoms with Crippen LogP contribution in [-0.2, 0) is 15.6 Å². The Kier molecular flexibility index (Phi) is 5.64. The average molecular weight is 319 g/mol. The average Bonchev–Trinajstić information content (AvgIpc) is 2.28. The summed E-state index contributed by atoms with van der Waals surface area (Å²) in [6.07, 6.45) is 0.998. The molecular weight excluding hydrogens is 304 g/mol. The van der Waals surface area contributed by atoms with Gasteiger partial charge in [0.05, 0.1) is 15.7 Å². The van der Waals surface area contributed by atoms with Crippen molar-refractivity contribution >= 4 is 38.3 Å². The minimum atomic E-state index is -1.10. The molecule has 0 spiro atoms. The highest BCUT2D eigenvalue weighted by atomic mass is 79.9. The Hall–Kier alpha value is -0.880. The van der Waals surface area contributed by atoms with E-state index in [0.29, 0.717) is 24.3 Å². The Bertz CT molecular complexity index is 437. The van der Waals surface area contributed by atoms with Crippen LogP contribution < -0.4 is 11.1 Å². The number of carbonyl (C=O) groups excluding carboxylic acids is 1. The Labute approximate surface area is 112 Å². The third-order valence-electron chi connectivity index (χ3n) is 2.21. The smallest absolute Gasteiger partial charge is 0.219 e. The van der Waals surface area contributed by atoms with Crippen molar-refractivity contribution in [1.82, 2.24) is 5.32 Å². The van der Waals surface area contributed by atoms with Crippen molar-refractivity contribution < 1.29 is 9.00 Å². The number of nitrogens with one attached hydrogen (secondary N) is 1. The largest absolute Gasteiger partial charge is 0.399 e. The fourth-order valence-corrected chi connectivity index (χ4v) is 3.36. The maximum Gasteiger partial charge on any atom is 0.219 e. The summed E-state index contributed by atoms with van der Waals surface area (Å²) in [5.41, 5.74) is 6.23. The van der Waals surface area contributed by atoms with E-state index in [1.165, 1.54) is 0 Å². The molecule has 0 aliphatic heterocycles. The van der Waals surface area contributed by atoms with E-state index >= 15 is 0 Å². The molecule has 1 aromatic rings. The van der Waals surface area contributed by atoms with Crippen LogP contribution in [0.3, 0.4) is 0 Å². The van der Waals surface area contributed by atoms with E-state index in [0.717, 1.165) is 9.37 Å². The maximum atomic E-state index is 12.0. The summed E-state index contributed by atoms with van der Waals surface area (Å²) >= 11 is 3.33. The van der Waals surface area contributed by atoms with Crippen molar-refractivity contribution in [1.29, 1.82) is 0 Å². The number of amides is 1. The zero-order chi connectivity index (χ0) is 12.8. The summed E-state index contributed by atoms with van der Waals surface area (Å²) in [7, 11) is 0.489. The molecule has 94 valence electrons. The molecule has 0 bridgehead atoms. The molecule has 0 aliphatic carbocycles. The van der Waals surface area contributed by atoms with Crippen LogP contribution in [0.2, 0.25) is 0 Å². The highest BCUT2D eigenvalue weighted by Crippen LogP contribution is 2.23. The molecule has 0 heterocycles. The summed E-state index contributed by atoms with van der Waals surface area (Å²) in [4.78, 5) is 11.7. The quantitative estimate of drug-likeness (QED) is 0.811. The van der Waals surface area contributed by atoms with E-state index < -0.39 is 10.8 Å². The number of carbonyl (C=O) groups is 1. The van der Waals surface area contributed by atoms with E-state index in [1.54, 1.807) is 25.2 Å². The fourth-order valence-electron chi connectivity index (χ4n) is 1.30. The third-order valence-corrected chi connectivity index (χ3v) is 4.64. The van der Waals surface area contributed by atoms with Crippen LogP contribution >= 0.6 is 15.9 Å². The van der Waals surface area contributed by atoms with Crippen molar-refractivity contribution in [2.75, 3.05) is 18.5 Å². The molecule has 6 heteroatoms. The van der Waals surface area contributed by atoms with E-state index in [9.17, 15) is 9.00 Å². The van der Waals surface area contributed by atoms with Gasteiger partial charge in [-0.2, -0.15) is 0 Å². The minimum Gasteiger partial charge on any atom is -0.399 e. The van der Waals surface area contributed by atoms with Gasteiger partial charge in [-0.15, -0.1) is 0 Å². The van der Waals surface area contributed by atoms with Crippen molar-refractivity contribution in [2.45, 2.75) is 17.7 Å². The second-order valence-corrected chi connectivity index (χ2v) is 5.91. The number of anilines is 1. The lowest BCUT2D eigenvalue weighted by Gasteiger charge is -2.05.